The lowest BCUT2D eigenvalue weighted by molar-refractivity contribution is -0.0592. The van der Waals surface area contributed by atoms with E-state index in [-0.39, 0.29) is 11.9 Å². The van der Waals surface area contributed by atoms with Gasteiger partial charge in [-0.15, -0.1) is 4.37 Å². The number of carbonyl (C=O) groups excluding carboxylic acids is 1. The van der Waals surface area contributed by atoms with E-state index in [1.807, 2.05) is 48.5 Å². The zero-order valence-corrected chi connectivity index (χ0v) is 21.7. The maximum atomic E-state index is 12.0. The molecule has 4 aromatic rings. The van der Waals surface area contributed by atoms with Crippen molar-refractivity contribution in [3.8, 4) is 6.01 Å². The molecule has 6 rings (SSSR count). The number of ketones is 1. The van der Waals surface area contributed by atoms with Crippen molar-refractivity contribution in [2.75, 3.05) is 37.7 Å². The topological polar surface area (TPSA) is 85.6 Å². The molecular formula is C27H30N6O3S. The number of rotatable bonds is 9. The number of hydrogen-bond acceptors (Lipinski definition) is 9. The molecule has 0 N–H and O–H groups in total. The number of anilines is 1. The van der Waals surface area contributed by atoms with Gasteiger partial charge in [-0.05, 0) is 37.1 Å². The Labute approximate surface area is 219 Å². The van der Waals surface area contributed by atoms with Crippen molar-refractivity contribution in [3.05, 3.63) is 65.5 Å². The molecule has 0 bridgehead atoms. The number of Topliss-reactive ketones (excluding diaryl/α,β-unsaturated/α-hetero) is 1. The van der Waals surface area contributed by atoms with Crippen molar-refractivity contribution in [1.29, 1.82) is 0 Å². The molecule has 10 heteroatoms. The Morgan fingerprint density at radius 1 is 1.11 bits per heavy atom. The van der Waals surface area contributed by atoms with Crippen LogP contribution in [0.5, 0.6) is 6.01 Å². The highest BCUT2D eigenvalue weighted by Crippen LogP contribution is 2.26. The van der Waals surface area contributed by atoms with E-state index in [1.54, 1.807) is 6.92 Å². The monoisotopic (exact) mass is 518 g/mol. The molecule has 37 heavy (non-hydrogen) atoms. The molecule has 0 spiro atoms. The summed E-state index contributed by atoms with van der Waals surface area (Å²) in [5.74, 6) is 1.09. The van der Waals surface area contributed by atoms with Crippen LogP contribution in [0.15, 0.2) is 48.5 Å². The van der Waals surface area contributed by atoms with Gasteiger partial charge in [0.05, 0.1) is 30.2 Å². The molecular weight excluding hydrogens is 488 g/mol. The maximum Gasteiger partial charge on any atom is 0.330 e. The molecule has 2 aliphatic rings. The molecule has 9 nitrogen and oxygen atoms in total. The Morgan fingerprint density at radius 2 is 1.92 bits per heavy atom. The molecule has 2 fully saturated rings. The van der Waals surface area contributed by atoms with Crippen LogP contribution in [0.3, 0.4) is 0 Å². The van der Waals surface area contributed by atoms with Crippen molar-refractivity contribution in [2.24, 2.45) is 0 Å². The molecule has 2 aliphatic heterocycles. The first-order valence-corrected chi connectivity index (χ1v) is 13.5. The minimum atomic E-state index is 0.0671. The molecule has 0 amide bonds. The summed E-state index contributed by atoms with van der Waals surface area (Å²) < 4.78 is 18.2. The van der Waals surface area contributed by atoms with E-state index in [0.717, 1.165) is 79.8 Å². The molecule has 192 valence electrons. The van der Waals surface area contributed by atoms with Gasteiger partial charge >= 0.3 is 6.01 Å². The third kappa shape index (κ3) is 5.36. The van der Waals surface area contributed by atoms with Gasteiger partial charge in [-0.3, -0.25) is 9.69 Å². The highest BCUT2D eigenvalue weighted by molar-refractivity contribution is 7.09. The molecule has 2 saturated heterocycles. The van der Waals surface area contributed by atoms with Gasteiger partial charge < -0.3 is 18.9 Å². The van der Waals surface area contributed by atoms with Crippen molar-refractivity contribution in [3.63, 3.8) is 0 Å². The average Bonchev–Trinajstić information content (AvgIpc) is 3.50. The van der Waals surface area contributed by atoms with Gasteiger partial charge in [0.15, 0.2) is 5.78 Å². The number of nitrogens with zero attached hydrogens (tertiary/aromatic N) is 6. The largest absolute Gasteiger partial charge is 0.458 e. The summed E-state index contributed by atoms with van der Waals surface area (Å²) in [5.41, 5.74) is 3.75. The summed E-state index contributed by atoms with van der Waals surface area (Å²) in [4.78, 5) is 26.2. The van der Waals surface area contributed by atoms with Crippen LogP contribution in [0.2, 0.25) is 0 Å². The number of benzene rings is 2. The summed E-state index contributed by atoms with van der Waals surface area (Å²) in [6.07, 6.45) is 1.27. The number of ether oxygens (including phenoxy) is 2. The predicted molar refractivity (Wildman–Crippen MR) is 142 cm³/mol. The summed E-state index contributed by atoms with van der Waals surface area (Å²) >= 11 is 1.38. The van der Waals surface area contributed by atoms with E-state index < -0.39 is 0 Å². The molecule has 0 aliphatic carbocycles. The second-order valence-electron chi connectivity index (χ2n) is 9.58. The minimum Gasteiger partial charge on any atom is -0.458 e. The number of fused-ring (bicyclic) bond motifs is 1. The van der Waals surface area contributed by atoms with Crippen molar-refractivity contribution >= 4 is 33.5 Å². The van der Waals surface area contributed by atoms with Crippen LogP contribution in [0.4, 0.5) is 5.13 Å². The normalized spacial score (nSPS) is 18.2. The van der Waals surface area contributed by atoms with Gasteiger partial charge in [-0.2, -0.15) is 4.98 Å². The highest BCUT2D eigenvalue weighted by Gasteiger charge is 2.25. The number of hydrogen-bond donors (Lipinski definition) is 0. The number of imidazole rings is 1. The van der Waals surface area contributed by atoms with Gasteiger partial charge in [0, 0.05) is 49.9 Å². The summed E-state index contributed by atoms with van der Waals surface area (Å²) in [6.45, 7) is 7.96. The van der Waals surface area contributed by atoms with Crippen LogP contribution in [0, 0.1) is 0 Å². The Kier molecular flexibility index (Phi) is 6.86. The van der Waals surface area contributed by atoms with E-state index in [1.165, 1.54) is 11.5 Å². The first-order valence-electron chi connectivity index (χ1n) is 12.7. The Hall–Kier alpha value is -3.34. The Balaban J connectivity index is 1.10. The van der Waals surface area contributed by atoms with E-state index in [4.69, 9.17) is 14.5 Å². The van der Waals surface area contributed by atoms with Gasteiger partial charge in [0.25, 0.3) is 0 Å². The molecule has 2 aromatic carbocycles. The number of piperazine rings is 1. The fourth-order valence-electron chi connectivity index (χ4n) is 4.76. The van der Waals surface area contributed by atoms with E-state index in [9.17, 15) is 4.79 Å². The number of aromatic nitrogens is 4. The van der Waals surface area contributed by atoms with Crippen LogP contribution in [0.25, 0.3) is 11.0 Å². The van der Waals surface area contributed by atoms with Crippen LogP contribution in [-0.4, -0.2) is 68.5 Å². The van der Waals surface area contributed by atoms with Crippen LogP contribution >= 0.6 is 11.5 Å². The zero-order valence-electron chi connectivity index (χ0n) is 20.9. The standard InChI is InChI=1S/C27H30N6O3S/c1-19(34)21-7-8-23-24(15-21)33(16-22-9-14-35-22)25(28-23)17-31-10-12-32(13-11-31)27-29-26(30-37-27)36-18-20-5-3-2-4-6-20/h2-8,15,22H,9-14,16-18H2,1H3/t22-/m0/s1. The second-order valence-corrected chi connectivity index (χ2v) is 10.3. The SMILES string of the molecule is CC(=O)c1ccc2nc(CN3CCN(c4nc(OCc5ccccc5)ns4)CC3)n(C[C@@H]3CCO3)c2c1. The first-order chi connectivity index (χ1) is 18.1. The molecule has 4 heterocycles. The quantitative estimate of drug-likeness (QED) is 0.310. The van der Waals surface area contributed by atoms with Gasteiger partial charge in [0.2, 0.25) is 5.13 Å². The van der Waals surface area contributed by atoms with Gasteiger partial charge in [-0.1, -0.05) is 30.3 Å². The lowest BCUT2D eigenvalue weighted by Crippen LogP contribution is -2.46. The lowest BCUT2D eigenvalue weighted by Gasteiger charge is -2.34. The Morgan fingerprint density at radius 3 is 2.65 bits per heavy atom. The maximum absolute atomic E-state index is 12.0. The second kappa shape index (κ2) is 10.6. The molecule has 0 unspecified atom stereocenters. The third-order valence-corrected chi connectivity index (χ3v) is 7.79. The fourth-order valence-corrected chi connectivity index (χ4v) is 5.43. The van der Waals surface area contributed by atoms with Crippen LogP contribution in [0.1, 0.15) is 35.1 Å². The summed E-state index contributed by atoms with van der Waals surface area (Å²) in [6, 6.07) is 16.3. The fraction of sp³-hybridized carbons (Fsp3) is 0.407. The van der Waals surface area contributed by atoms with E-state index in [0.29, 0.717) is 18.2 Å². The van der Waals surface area contributed by atoms with Gasteiger partial charge in [-0.25, -0.2) is 4.98 Å². The molecule has 2 aromatic heterocycles. The minimum absolute atomic E-state index is 0.0671. The molecule has 0 radical (unpaired) electrons. The number of carbonyl (C=O) groups is 1. The van der Waals surface area contributed by atoms with Crippen molar-refractivity contribution in [1.82, 2.24) is 23.8 Å². The zero-order chi connectivity index (χ0) is 25.2. The third-order valence-electron chi connectivity index (χ3n) is 7.03. The van der Waals surface area contributed by atoms with Crippen molar-refractivity contribution in [2.45, 2.75) is 39.1 Å². The van der Waals surface area contributed by atoms with E-state index >= 15 is 0 Å². The molecule has 0 saturated carbocycles. The molecule has 1 atom stereocenters. The van der Waals surface area contributed by atoms with Gasteiger partial charge in [0.1, 0.15) is 12.4 Å². The first kappa shape index (κ1) is 24.0. The smallest absolute Gasteiger partial charge is 0.330 e. The summed E-state index contributed by atoms with van der Waals surface area (Å²) in [7, 11) is 0. The van der Waals surface area contributed by atoms with Crippen LogP contribution in [-0.2, 0) is 24.4 Å². The Bertz CT molecular complexity index is 1380. The predicted octanol–water partition coefficient (Wildman–Crippen LogP) is 3.78. The average molecular weight is 519 g/mol. The summed E-state index contributed by atoms with van der Waals surface area (Å²) in [5, 5.41) is 0.897. The van der Waals surface area contributed by atoms with E-state index in [2.05, 4.69) is 23.7 Å². The highest BCUT2D eigenvalue weighted by atomic mass is 32.1. The van der Waals surface area contributed by atoms with Crippen LogP contribution < -0.4 is 9.64 Å². The lowest BCUT2D eigenvalue weighted by atomic mass is 10.1. The van der Waals surface area contributed by atoms with Crippen molar-refractivity contribution < 1.29 is 14.3 Å².